The van der Waals surface area contributed by atoms with Crippen molar-refractivity contribution in [3.05, 3.63) is 53.8 Å². The number of benzene rings is 1. The van der Waals surface area contributed by atoms with Gasteiger partial charge in [-0.05, 0) is 20.3 Å². The van der Waals surface area contributed by atoms with Gasteiger partial charge in [0, 0.05) is 22.6 Å². The van der Waals surface area contributed by atoms with Crippen LogP contribution in [0, 0.1) is 6.92 Å². The molecule has 0 saturated carbocycles. The quantitative estimate of drug-likeness (QED) is 0.624. The average molecular weight is 283 g/mol. The van der Waals surface area contributed by atoms with Gasteiger partial charge in [-0.25, -0.2) is 4.79 Å². The Labute approximate surface area is 123 Å². The van der Waals surface area contributed by atoms with E-state index in [-0.39, 0.29) is 18.0 Å². The molecule has 2 atom stereocenters. The molecule has 0 aliphatic carbocycles. The highest BCUT2D eigenvalue weighted by Gasteiger charge is 2.35. The first kappa shape index (κ1) is 13.6. The molecule has 0 spiro atoms. The van der Waals surface area contributed by atoms with Crippen molar-refractivity contribution in [1.29, 1.82) is 0 Å². The second-order valence-corrected chi connectivity index (χ2v) is 5.40. The van der Waals surface area contributed by atoms with Crippen LogP contribution < -0.4 is 0 Å². The number of aryl methyl sites for hydroxylation is 1. The van der Waals surface area contributed by atoms with Crippen LogP contribution in [0.5, 0.6) is 0 Å². The van der Waals surface area contributed by atoms with E-state index >= 15 is 0 Å². The number of carbonyl (C=O) groups excluding carboxylic acids is 1. The van der Waals surface area contributed by atoms with Gasteiger partial charge in [-0.1, -0.05) is 42.1 Å². The number of hydrogen-bond donors (Lipinski definition) is 0. The van der Waals surface area contributed by atoms with E-state index in [0.29, 0.717) is 12.0 Å². The number of nitrogens with zero attached hydrogens (tertiary/aromatic N) is 1. The first-order valence-electron chi connectivity index (χ1n) is 6.99. The van der Waals surface area contributed by atoms with Crippen LogP contribution in [0.3, 0.4) is 0 Å². The molecule has 0 bridgehead atoms. The van der Waals surface area contributed by atoms with Crippen molar-refractivity contribution in [2.75, 3.05) is 0 Å². The maximum atomic E-state index is 11.9. The van der Waals surface area contributed by atoms with Crippen LogP contribution in [-0.2, 0) is 9.53 Å². The maximum Gasteiger partial charge on any atom is 0.334 e. The molecule has 3 rings (SSSR count). The first-order chi connectivity index (χ1) is 10.1. The molecular formula is C17H17NO3. The zero-order chi connectivity index (χ0) is 15.0. The van der Waals surface area contributed by atoms with Gasteiger partial charge in [0.15, 0.2) is 0 Å². The molecule has 0 radical (unpaired) electrons. The molecule has 1 aromatic heterocycles. The number of rotatable bonds is 2. The monoisotopic (exact) mass is 283 g/mol. The van der Waals surface area contributed by atoms with E-state index in [0.717, 1.165) is 22.6 Å². The van der Waals surface area contributed by atoms with Crippen molar-refractivity contribution in [3.8, 4) is 11.3 Å². The third-order valence-corrected chi connectivity index (χ3v) is 3.86. The van der Waals surface area contributed by atoms with Crippen molar-refractivity contribution in [1.82, 2.24) is 5.16 Å². The van der Waals surface area contributed by atoms with Crippen LogP contribution in [-0.4, -0.2) is 17.2 Å². The molecule has 1 aliphatic rings. The van der Waals surface area contributed by atoms with E-state index in [1.54, 1.807) is 0 Å². The van der Waals surface area contributed by atoms with E-state index in [1.165, 1.54) is 0 Å². The van der Waals surface area contributed by atoms with Crippen LogP contribution in [0.25, 0.3) is 11.3 Å². The van der Waals surface area contributed by atoms with Gasteiger partial charge in [0.25, 0.3) is 0 Å². The van der Waals surface area contributed by atoms with Crippen LogP contribution in [0.1, 0.15) is 30.6 Å². The standard InChI is InChI=1S/C17H17NO3/c1-10-9-14(11(2)17(19)20-10)15-12(3)21-18-16(15)13-7-5-4-6-8-13/h4-8,10,14H,2,9H2,1,3H3. The van der Waals surface area contributed by atoms with Gasteiger partial charge in [-0.3, -0.25) is 0 Å². The molecule has 1 fully saturated rings. The lowest BCUT2D eigenvalue weighted by Gasteiger charge is -2.28. The summed E-state index contributed by atoms with van der Waals surface area (Å²) in [5.74, 6) is 0.281. The van der Waals surface area contributed by atoms with Gasteiger partial charge >= 0.3 is 5.97 Å². The van der Waals surface area contributed by atoms with E-state index in [2.05, 4.69) is 11.7 Å². The second-order valence-electron chi connectivity index (χ2n) is 5.40. The Morgan fingerprint density at radius 3 is 2.71 bits per heavy atom. The second kappa shape index (κ2) is 5.20. The van der Waals surface area contributed by atoms with E-state index in [9.17, 15) is 4.79 Å². The Hall–Kier alpha value is -2.36. The van der Waals surface area contributed by atoms with Gasteiger partial charge in [-0.15, -0.1) is 0 Å². The Balaban J connectivity index is 2.08. The smallest absolute Gasteiger partial charge is 0.334 e. The van der Waals surface area contributed by atoms with Crippen molar-refractivity contribution < 1.29 is 14.1 Å². The minimum atomic E-state index is -0.335. The van der Waals surface area contributed by atoms with Crippen LogP contribution >= 0.6 is 0 Å². The summed E-state index contributed by atoms with van der Waals surface area (Å²) < 4.78 is 10.6. The summed E-state index contributed by atoms with van der Waals surface area (Å²) in [7, 11) is 0. The van der Waals surface area contributed by atoms with E-state index in [4.69, 9.17) is 9.26 Å². The summed E-state index contributed by atoms with van der Waals surface area (Å²) in [5, 5.41) is 4.18. The molecule has 2 heterocycles. The summed E-state index contributed by atoms with van der Waals surface area (Å²) in [6.07, 6.45) is 0.567. The predicted molar refractivity (Wildman–Crippen MR) is 78.7 cm³/mol. The summed E-state index contributed by atoms with van der Waals surface area (Å²) in [6, 6.07) is 9.82. The molecule has 1 aromatic carbocycles. The van der Waals surface area contributed by atoms with Crippen LogP contribution in [0.15, 0.2) is 47.0 Å². The zero-order valence-corrected chi connectivity index (χ0v) is 12.1. The van der Waals surface area contributed by atoms with Crippen molar-refractivity contribution in [2.24, 2.45) is 0 Å². The lowest BCUT2D eigenvalue weighted by atomic mass is 9.83. The Morgan fingerprint density at radius 2 is 2.00 bits per heavy atom. The zero-order valence-electron chi connectivity index (χ0n) is 12.1. The van der Waals surface area contributed by atoms with Crippen LogP contribution in [0.4, 0.5) is 0 Å². The normalized spacial score (nSPS) is 22.2. The average Bonchev–Trinajstić information content (AvgIpc) is 2.85. The third kappa shape index (κ3) is 2.37. The lowest BCUT2D eigenvalue weighted by Crippen LogP contribution is -2.28. The van der Waals surface area contributed by atoms with E-state index in [1.807, 2.05) is 44.2 Å². The summed E-state index contributed by atoms with van der Waals surface area (Å²) in [6.45, 7) is 7.66. The first-order valence-corrected chi connectivity index (χ1v) is 6.99. The molecule has 108 valence electrons. The number of ether oxygens (including phenoxy) is 1. The van der Waals surface area contributed by atoms with Gasteiger partial charge in [0.05, 0.1) is 0 Å². The van der Waals surface area contributed by atoms with Gasteiger partial charge < -0.3 is 9.26 Å². The minimum Gasteiger partial charge on any atom is -0.459 e. The lowest BCUT2D eigenvalue weighted by molar-refractivity contribution is -0.147. The number of cyclic esters (lactones) is 1. The molecule has 21 heavy (non-hydrogen) atoms. The highest BCUT2D eigenvalue weighted by atomic mass is 16.5. The number of hydrogen-bond acceptors (Lipinski definition) is 4. The fourth-order valence-electron chi connectivity index (χ4n) is 2.81. The highest BCUT2D eigenvalue weighted by molar-refractivity contribution is 5.91. The Kier molecular flexibility index (Phi) is 3.37. The number of carbonyl (C=O) groups is 1. The summed E-state index contributed by atoms with van der Waals surface area (Å²) in [4.78, 5) is 11.9. The molecular weight excluding hydrogens is 266 g/mol. The van der Waals surface area contributed by atoms with Crippen LogP contribution in [0.2, 0.25) is 0 Å². The van der Waals surface area contributed by atoms with Gasteiger partial charge in [0.1, 0.15) is 17.6 Å². The topological polar surface area (TPSA) is 52.3 Å². The predicted octanol–water partition coefficient (Wildman–Crippen LogP) is 3.63. The largest absolute Gasteiger partial charge is 0.459 e. The minimum absolute atomic E-state index is 0.109. The summed E-state index contributed by atoms with van der Waals surface area (Å²) >= 11 is 0. The Bertz CT molecular complexity index is 687. The maximum absolute atomic E-state index is 11.9. The molecule has 0 N–H and O–H groups in total. The molecule has 2 aromatic rings. The fourth-order valence-corrected chi connectivity index (χ4v) is 2.81. The SMILES string of the molecule is C=C1C(=O)OC(C)CC1c1c(-c2ccccc2)noc1C. The van der Waals surface area contributed by atoms with Crippen molar-refractivity contribution in [2.45, 2.75) is 32.3 Å². The van der Waals surface area contributed by atoms with Crippen molar-refractivity contribution >= 4 is 5.97 Å². The van der Waals surface area contributed by atoms with Gasteiger partial charge in [0.2, 0.25) is 0 Å². The third-order valence-electron chi connectivity index (χ3n) is 3.86. The number of aromatic nitrogens is 1. The molecule has 1 aliphatic heterocycles. The number of esters is 1. The van der Waals surface area contributed by atoms with E-state index < -0.39 is 0 Å². The molecule has 4 heteroatoms. The molecule has 1 saturated heterocycles. The molecule has 4 nitrogen and oxygen atoms in total. The Morgan fingerprint density at radius 1 is 1.29 bits per heavy atom. The molecule has 0 amide bonds. The van der Waals surface area contributed by atoms with Gasteiger partial charge in [-0.2, -0.15) is 0 Å². The molecule has 2 unspecified atom stereocenters. The fraction of sp³-hybridized carbons (Fsp3) is 0.294. The summed E-state index contributed by atoms with van der Waals surface area (Å²) in [5.41, 5.74) is 3.16. The highest BCUT2D eigenvalue weighted by Crippen LogP contribution is 2.40. The van der Waals surface area contributed by atoms with Crippen molar-refractivity contribution in [3.63, 3.8) is 0 Å².